The van der Waals surface area contributed by atoms with Crippen molar-refractivity contribution in [1.82, 2.24) is 4.90 Å². The number of carboxylic acids is 1. The van der Waals surface area contributed by atoms with Crippen molar-refractivity contribution in [2.24, 2.45) is 0 Å². The van der Waals surface area contributed by atoms with Crippen LogP contribution in [0.2, 0.25) is 0 Å². The Morgan fingerprint density at radius 1 is 1.26 bits per heavy atom. The minimum absolute atomic E-state index is 0.0339. The van der Waals surface area contributed by atoms with Crippen LogP contribution in [-0.2, 0) is 11.2 Å². The molecular formula is C15H21NO3. The first-order chi connectivity index (χ1) is 9.01. The molecule has 1 amide bonds. The predicted molar refractivity (Wildman–Crippen MR) is 74.2 cm³/mol. The van der Waals surface area contributed by atoms with Crippen LogP contribution >= 0.6 is 0 Å². The van der Waals surface area contributed by atoms with Gasteiger partial charge in [0.2, 0.25) is 0 Å². The topological polar surface area (TPSA) is 57.6 Å². The second-order valence-electron chi connectivity index (χ2n) is 4.55. The van der Waals surface area contributed by atoms with Crippen molar-refractivity contribution in [3.05, 3.63) is 35.4 Å². The van der Waals surface area contributed by atoms with Gasteiger partial charge in [-0.05, 0) is 31.9 Å². The van der Waals surface area contributed by atoms with E-state index in [-0.39, 0.29) is 18.4 Å². The summed E-state index contributed by atoms with van der Waals surface area (Å²) in [4.78, 5) is 24.9. The molecule has 4 heteroatoms. The lowest BCUT2D eigenvalue weighted by atomic mass is 10.0. The number of nitrogens with zero attached hydrogens (tertiary/aromatic N) is 1. The van der Waals surface area contributed by atoms with Gasteiger partial charge in [-0.3, -0.25) is 9.59 Å². The number of aryl methyl sites for hydroxylation is 1. The molecule has 1 aromatic carbocycles. The molecule has 1 N–H and O–H groups in total. The molecule has 0 heterocycles. The van der Waals surface area contributed by atoms with Crippen LogP contribution < -0.4 is 0 Å². The van der Waals surface area contributed by atoms with Gasteiger partial charge in [0.15, 0.2) is 0 Å². The Morgan fingerprint density at radius 2 is 1.89 bits per heavy atom. The Labute approximate surface area is 114 Å². The Bertz CT molecular complexity index is 456. The maximum absolute atomic E-state index is 12.5. The van der Waals surface area contributed by atoms with E-state index in [0.717, 1.165) is 12.0 Å². The molecule has 1 rings (SSSR count). The zero-order valence-electron chi connectivity index (χ0n) is 11.7. The van der Waals surface area contributed by atoms with Crippen LogP contribution in [0.1, 0.15) is 43.1 Å². The van der Waals surface area contributed by atoms with Crippen LogP contribution in [0.25, 0.3) is 0 Å². The molecule has 104 valence electrons. The number of rotatable bonds is 6. The second-order valence-corrected chi connectivity index (χ2v) is 4.55. The zero-order chi connectivity index (χ0) is 14.4. The lowest BCUT2D eigenvalue weighted by Gasteiger charge is -2.27. The fourth-order valence-electron chi connectivity index (χ4n) is 2.21. The SMILES string of the molecule is CCc1ccccc1C(=O)N(CC)C(C)CC(=O)O. The Morgan fingerprint density at radius 3 is 2.42 bits per heavy atom. The van der Waals surface area contributed by atoms with Crippen molar-refractivity contribution in [3.8, 4) is 0 Å². The maximum atomic E-state index is 12.5. The highest BCUT2D eigenvalue weighted by atomic mass is 16.4. The predicted octanol–water partition coefficient (Wildman–Crippen LogP) is 2.57. The number of aliphatic carboxylic acids is 1. The number of amides is 1. The Balaban J connectivity index is 2.98. The first-order valence-electron chi connectivity index (χ1n) is 6.61. The number of benzene rings is 1. The normalized spacial score (nSPS) is 11.9. The first kappa shape index (κ1) is 15.2. The molecule has 4 nitrogen and oxygen atoms in total. The fourth-order valence-corrected chi connectivity index (χ4v) is 2.21. The summed E-state index contributed by atoms with van der Waals surface area (Å²) in [5.41, 5.74) is 1.66. The highest BCUT2D eigenvalue weighted by Crippen LogP contribution is 2.15. The van der Waals surface area contributed by atoms with Crippen LogP contribution in [-0.4, -0.2) is 34.5 Å². The van der Waals surface area contributed by atoms with Crippen molar-refractivity contribution in [2.45, 2.75) is 39.7 Å². The van der Waals surface area contributed by atoms with Crippen molar-refractivity contribution in [2.75, 3.05) is 6.54 Å². The number of carbonyl (C=O) groups is 2. The molecule has 0 aliphatic heterocycles. The summed E-state index contributed by atoms with van der Waals surface area (Å²) in [7, 11) is 0. The van der Waals surface area contributed by atoms with Crippen LogP contribution in [0.4, 0.5) is 0 Å². The second kappa shape index (κ2) is 6.92. The number of carboxylic acid groups (broad SMARTS) is 1. The molecule has 0 fully saturated rings. The fraction of sp³-hybridized carbons (Fsp3) is 0.467. The molecule has 0 aliphatic rings. The van der Waals surface area contributed by atoms with E-state index in [1.807, 2.05) is 32.0 Å². The van der Waals surface area contributed by atoms with Gasteiger partial charge < -0.3 is 10.0 Å². The third kappa shape index (κ3) is 3.81. The van der Waals surface area contributed by atoms with Crippen molar-refractivity contribution >= 4 is 11.9 Å². The molecule has 0 aromatic heterocycles. The van der Waals surface area contributed by atoms with E-state index in [2.05, 4.69) is 0 Å². The molecule has 0 spiro atoms. The van der Waals surface area contributed by atoms with Gasteiger partial charge in [-0.15, -0.1) is 0 Å². The molecule has 19 heavy (non-hydrogen) atoms. The van der Waals surface area contributed by atoms with E-state index < -0.39 is 5.97 Å². The highest BCUT2D eigenvalue weighted by molar-refractivity contribution is 5.96. The monoisotopic (exact) mass is 263 g/mol. The molecule has 0 aliphatic carbocycles. The lowest BCUT2D eigenvalue weighted by Crippen LogP contribution is -2.40. The van der Waals surface area contributed by atoms with E-state index in [1.54, 1.807) is 17.9 Å². The van der Waals surface area contributed by atoms with E-state index in [4.69, 9.17) is 5.11 Å². The Kier molecular flexibility index (Phi) is 5.55. The van der Waals surface area contributed by atoms with Gasteiger partial charge in [0, 0.05) is 18.2 Å². The minimum atomic E-state index is -0.887. The third-order valence-electron chi connectivity index (χ3n) is 3.23. The highest BCUT2D eigenvalue weighted by Gasteiger charge is 2.23. The van der Waals surface area contributed by atoms with Crippen LogP contribution in [0.15, 0.2) is 24.3 Å². The zero-order valence-corrected chi connectivity index (χ0v) is 11.7. The van der Waals surface area contributed by atoms with E-state index in [0.29, 0.717) is 12.1 Å². The smallest absolute Gasteiger partial charge is 0.305 e. The van der Waals surface area contributed by atoms with Crippen molar-refractivity contribution in [1.29, 1.82) is 0 Å². The van der Waals surface area contributed by atoms with Gasteiger partial charge in [0.25, 0.3) is 5.91 Å². The first-order valence-corrected chi connectivity index (χ1v) is 6.61. The summed E-state index contributed by atoms with van der Waals surface area (Å²) in [5, 5.41) is 8.84. The largest absolute Gasteiger partial charge is 0.481 e. The Hall–Kier alpha value is -1.84. The van der Waals surface area contributed by atoms with Gasteiger partial charge >= 0.3 is 5.97 Å². The summed E-state index contributed by atoms with van der Waals surface area (Å²) in [5.74, 6) is -0.976. The van der Waals surface area contributed by atoms with Gasteiger partial charge in [-0.2, -0.15) is 0 Å². The van der Waals surface area contributed by atoms with Gasteiger partial charge in [0.05, 0.1) is 6.42 Å². The standard InChI is InChI=1S/C15H21NO3/c1-4-12-8-6-7-9-13(12)15(19)16(5-2)11(3)10-14(17)18/h6-9,11H,4-5,10H2,1-3H3,(H,17,18). The summed E-state index contributed by atoms with van der Waals surface area (Å²) in [6.07, 6.45) is 0.751. The summed E-state index contributed by atoms with van der Waals surface area (Å²) in [6, 6.07) is 7.18. The number of carbonyl (C=O) groups excluding carboxylic acids is 1. The van der Waals surface area contributed by atoms with Crippen molar-refractivity contribution in [3.63, 3.8) is 0 Å². The average molecular weight is 263 g/mol. The van der Waals surface area contributed by atoms with Crippen LogP contribution in [0.5, 0.6) is 0 Å². The molecule has 0 saturated carbocycles. The summed E-state index contributed by atoms with van der Waals surface area (Å²) in [6.45, 7) is 6.14. The molecule has 0 saturated heterocycles. The van der Waals surface area contributed by atoms with Crippen LogP contribution in [0, 0.1) is 0 Å². The molecule has 0 bridgehead atoms. The molecule has 0 radical (unpaired) electrons. The number of hydrogen-bond donors (Lipinski definition) is 1. The van der Waals surface area contributed by atoms with Gasteiger partial charge in [-0.25, -0.2) is 0 Å². The molecule has 1 aromatic rings. The molecular weight excluding hydrogens is 242 g/mol. The lowest BCUT2D eigenvalue weighted by molar-refractivity contribution is -0.138. The molecule has 1 atom stereocenters. The van der Waals surface area contributed by atoms with Crippen molar-refractivity contribution < 1.29 is 14.7 Å². The molecule has 1 unspecified atom stereocenters. The van der Waals surface area contributed by atoms with Gasteiger partial charge in [-0.1, -0.05) is 25.1 Å². The maximum Gasteiger partial charge on any atom is 0.305 e. The average Bonchev–Trinajstić information content (AvgIpc) is 2.38. The van der Waals surface area contributed by atoms with Gasteiger partial charge in [0.1, 0.15) is 0 Å². The van der Waals surface area contributed by atoms with E-state index >= 15 is 0 Å². The quantitative estimate of drug-likeness (QED) is 0.858. The summed E-state index contributed by atoms with van der Waals surface area (Å²) >= 11 is 0. The summed E-state index contributed by atoms with van der Waals surface area (Å²) < 4.78 is 0. The third-order valence-corrected chi connectivity index (χ3v) is 3.23. The van der Waals surface area contributed by atoms with E-state index in [9.17, 15) is 9.59 Å². The van der Waals surface area contributed by atoms with E-state index in [1.165, 1.54) is 0 Å². The minimum Gasteiger partial charge on any atom is -0.481 e. The van der Waals surface area contributed by atoms with Crippen LogP contribution in [0.3, 0.4) is 0 Å². The number of hydrogen-bond acceptors (Lipinski definition) is 2.